The van der Waals surface area contributed by atoms with Crippen LogP contribution in [-0.2, 0) is 9.53 Å². The summed E-state index contributed by atoms with van der Waals surface area (Å²) in [6, 6.07) is 4.64. The molecule has 0 aliphatic rings. The molecule has 4 nitrogen and oxygen atoms in total. The lowest BCUT2D eigenvalue weighted by Crippen LogP contribution is -2.39. The Kier molecular flexibility index (Phi) is 4.73. The van der Waals surface area contributed by atoms with E-state index in [1.165, 1.54) is 7.11 Å². The van der Waals surface area contributed by atoms with Crippen molar-refractivity contribution in [2.75, 3.05) is 19.0 Å². The minimum atomic E-state index is -0.677. The van der Waals surface area contributed by atoms with E-state index in [2.05, 4.69) is 5.32 Å². The summed E-state index contributed by atoms with van der Waals surface area (Å²) in [6.45, 7) is 2.02. The number of carbonyl (C=O) groups is 1. The first kappa shape index (κ1) is 13.0. The second-order valence-corrected chi connectivity index (χ2v) is 3.87. The number of nitrogens with one attached hydrogen (secondary N) is 1. The van der Waals surface area contributed by atoms with Gasteiger partial charge in [-0.05, 0) is 24.6 Å². The molecule has 0 aromatic heterocycles. The van der Waals surface area contributed by atoms with Crippen molar-refractivity contribution < 1.29 is 9.53 Å². The fourth-order valence-corrected chi connectivity index (χ4v) is 1.40. The van der Waals surface area contributed by atoms with Crippen LogP contribution in [0, 0.1) is 6.92 Å². The summed E-state index contributed by atoms with van der Waals surface area (Å²) in [4.78, 5) is 11.6. The standard InChI is InChI=1S/C11H15ClN2O2/c1-7-8(12)4-3-5-10(7)14-11(15)9(13)6-16-2/h3-5,9H,6,13H2,1-2H3,(H,14,15). The van der Waals surface area contributed by atoms with Crippen LogP contribution in [0.15, 0.2) is 18.2 Å². The number of methoxy groups -OCH3 is 1. The lowest BCUT2D eigenvalue weighted by molar-refractivity contribution is -0.118. The normalized spacial score (nSPS) is 12.2. The monoisotopic (exact) mass is 242 g/mol. The Labute approximate surface area is 99.7 Å². The molecule has 1 atom stereocenters. The second-order valence-electron chi connectivity index (χ2n) is 3.46. The van der Waals surface area contributed by atoms with Crippen LogP contribution >= 0.6 is 11.6 Å². The molecule has 0 fully saturated rings. The van der Waals surface area contributed by atoms with Gasteiger partial charge in [0.05, 0.1) is 6.61 Å². The highest BCUT2D eigenvalue weighted by Gasteiger charge is 2.14. The van der Waals surface area contributed by atoms with Crippen LogP contribution in [0.3, 0.4) is 0 Å². The summed E-state index contributed by atoms with van der Waals surface area (Å²) in [5, 5.41) is 3.32. The zero-order valence-corrected chi connectivity index (χ0v) is 10.0. The smallest absolute Gasteiger partial charge is 0.243 e. The van der Waals surface area contributed by atoms with Gasteiger partial charge in [-0.3, -0.25) is 4.79 Å². The highest BCUT2D eigenvalue weighted by atomic mass is 35.5. The number of anilines is 1. The molecule has 0 saturated carbocycles. The molecule has 0 spiro atoms. The maximum Gasteiger partial charge on any atom is 0.243 e. The molecule has 0 radical (unpaired) electrons. The van der Waals surface area contributed by atoms with E-state index in [0.717, 1.165) is 5.56 Å². The van der Waals surface area contributed by atoms with Crippen LogP contribution in [0.4, 0.5) is 5.69 Å². The van der Waals surface area contributed by atoms with Crippen molar-refractivity contribution in [3.8, 4) is 0 Å². The van der Waals surface area contributed by atoms with Crippen molar-refractivity contribution in [2.45, 2.75) is 13.0 Å². The number of hydrogen-bond donors (Lipinski definition) is 2. The van der Waals surface area contributed by atoms with Crippen LogP contribution in [0.5, 0.6) is 0 Å². The van der Waals surface area contributed by atoms with Crippen LogP contribution < -0.4 is 11.1 Å². The maximum atomic E-state index is 11.6. The van der Waals surface area contributed by atoms with E-state index in [9.17, 15) is 4.79 Å². The highest BCUT2D eigenvalue weighted by Crippen LogP contribution is 2.22. The first-order valence-electron chi connectivity index (χ1n) is 4.86. The maximum absolute atomic E-state index is 11.6. The largest absolute Gasteiger partial charge is 0.383 e. The molecule has 1 aromatic rings. The quantitative estimate of drug-likeness (QED) is 0.842. The van der Waals surface area contributed by atoms with E-state index >= 15 is 0 Å². The van der Waals surface area contributed by atoms with Crippen molar-refractivity contribution in [1.82, 2.24) is 0 Å². The molecule has 5 heteroatoms. The average molecular weight is 243 g/mol. The number of benzene rings is 1. The highest BCUT2D eigenvalue weighted by molar-refractivity contribution is 6.31. The number of nitrogens with two attached hydrogens (primary N) is 1. The molecule has 1 amide bonds. The fourth-order valence-electron chi connectivity index (χ4n) is 1.22. The van der Waals surface area contributed by atoms with E-state index in [4.69, 9.17) is 22.1 Å². The Bertz CT molecular complexity index is 382. The van der Waals surface area contributed by atoms with Gasteiger partial charge in [0.25, 0.3) is 0 Å². The molecule has 1 aromatic carbocycles. The van der Waals surface area contributed by atoms with Crippen molar-refractivity contribution in [2.24, 2.45) is 5.73 Å². The summed E-state index contributed by atoms with van der Waals surface area (Å²) < 4.78 is 4.80. The van der Waals surface area contributed by atoms with Gasteiger partial charge in [-0.2, -0.15) is 0 Å². The van der Waals surface area contributed by atoms with E-state index in [0.29, 0.717) is 10.7 Å². The summed E-state index contributed by atoms with van der Waals surface area (Å²) in [5.74, 6) is -0.285. The molecule has 0 bridgehead atoms. The topological polar surface area (TPSA) is 64.3 Å². The fraction of sp³-hybridized carbons (Fsp3) is 0.364. The third-order valence-corrected chi connectivity index (χ3v) is 2.62. The molecule has 0 heterocycles. The zero-order chi connectivity index (χ0) is 12.1. The van der Waals surface area contributed by atoms with Crippen LogP contribution in [0.1, 0.15) is 5.56 Å². The summed E-state index contributed by atoms with van der Waals surface area (Å²) in [7, 11) is 1.50. The Morgan fingerprint density at radius 1 is 1.62 bits per heavy atom. The minimum absolute atomic E-state index is 0.186. The van der Waals surface area contributed by atoms with Crippen LogP contribution in [0.25, 0.3) is 0 Å². The molecule has 3 N–H and O–H groups in total. The van der Waals surface area contributed by atoms with Crippen molar-refractivity contribution in [1.29, 1.82) is 0 Å². The van der Waals surface area contributed by atoms with Crippen LogP contribution in [0.2, 0.25) is 5.02 Å². The molecular weight excluding hydrogens is 228 g/mol. The van der Waals surface area contributed by atoms with Gasteiger partial charge >= 0.3 is 0 Å². The van der Waals surface area contributed by atoms with E-state index in [-0.39, 0.29) is 12.5 Å². The molecule has 88 valence electrons. The van der Waals surface area contributed by atoms with Gasteiger partial charge in [-0.25, -0.2) is 0 Å². The molecule has 0 saturated heterocycles. The summed E-state index contributed by atoms with van der Waals surface area (Å²) in [5.41, 5.74) is 7.09. The van der Waals surface area contributed by atoms with Gasteiger partial charge in [0.1, 0.15) is 6.04 Å². The molecular formula is C11H15ClN2O2. The summed E-state index contributed by atoms with van der Waals surface area (Å²) >= 11 is 5.93. The minimum Gasteiger partial charge on any atom is -0.383 e. The molecule has 16 heavy (non-hydrogen) atoms. The first-order chi connectivity index (χ1) is 7.56. The zero-order valence-electron chi connectivity index (χ0n) is 9.29. The Hall–Kier alpha value is -1.10. The van der Waals surface area contributed by atoms with Crippen molar-refractivity contribution >= 4 is 23.2 Å². The number of ether oxygens (including phenoxy) is 1. The predicted molar refractivity (Wildman–Crippen MR) is 64.7 cm³/mol. The second kappa shape index (κ2) is 5.84. The third-order valence-electron chi connectivity index (χ3n) is 2.21. The number of halogens is 1. The van der Waals surface area contributed by atoms with Gasteiger partial charge in [0.2, 0.25) is 5.91 Å². The molecule has 0 aliphatic heterocycles. The van der Waals surface area contributed by atoms with E-state index in [1.807, 2.05) is 6.92 Å². The molecule has 1 rings (SSSR count). The van der Waals surface area contributed by atoms with Crippen LogP contribution in [-0.4, -0.2) is 25.7 Å². The predicted octanol–water partition coefficient (Wildman–Crippen LogP) is 1.56. The van der Waals surface area contributed by atoms with Gasteiger partial charge in [-0.1, -0.05) is 17.7 Å². The van der Waals surface area contributed by atoms with Crippen molar-refractivity contribution in [3.63, 3.8) is 0 Å². The van der Waals surface area contributed by atoms with E-state index in [1.54, 1.807) is 18.2 Å². The summed E-state index contributed by atoms with van der Waals surface area (Å²) in [6.07, 6.45) is 0. The molecule has 1 unspecified atom stereocenters. The van der Waals surface area contributed by atoms with Gasteiger partial charge in [0.15, 0.2) is 0 Å². The number of hydrogen-bond acceptors (Lipinski definition) is 3. The van der Waals surface area contributed by atoms with E-state index < -0.39 is 6.04 Å². The number of rotatable bonds is 4. The van der Waals surface area contributed by atoms with Gasteiger partial charge < -0.3 is 15.8 Å². The first-order valence-corrected chi connectivity index (χ1v) is 5.24. The lowest BCUT2D eigenvalue weighted by Gasteiger charge is -2.13. The molecule has 0 aliphatic carbocycles. The number of carbonyl (C=O) groups excluding carboxylic acids is 1. The van der Waals surface area contributed by atoms with Gasteiger partial charge in [0, 0.05) is 17.8 Å². The Morgan fingerprint density at radius 3 is 2.94 bits per heavy atom. The SMILES string of the molecule is COCC(N)C(=O)Nc1cccc(Cl)c1C. The van der Waals surface area contributed by atoms with Crippen molar-refractivity contribution in [3.05, 3.63) is 28.8 Å². The van der Waals surface area contributed by atoms with Gasteiger partial charge in [-0.15, -0.1) is 0 Å². The number of amides is 1. The Balaban J connectivity index is 2.73. The Morgan fingerprint density at radius 2 is 2.31 bits per heavy atom. The lowest BCUT2D eigenvalue weighted by atomic mass is 10.2. The third kappa shape index (κ3) is 3.20. The average Bonchev–Trinajstić information content (AvgIpc) is 2.25.